The topological polar surface area (TPSA) is 128 Å². The van der Waals surface area contributed by atoms with E-state index in [0.29, 0.717) is 5.75 Å². The van der Waals surface area contributed by atoms with Gasteiger partial charge < -0.3 is 19.5 Å². The normalized spacial score (nSPS) is 19.8. The van der Waals surface area contributed by atoms with Crippen LogP contribution in [0.4, 0.5) is 0 Å². The smallest absolute Gasteiger partial charge is 0.358 e. The number of carbonyl (C=O) groups is 5. The zero-order valence-corrected chi connectivity index (χ0v) is 18.2. The molecule has 1 unspecified atom stereocenters. The Morgan fingerprint density at radius 3 is 2.34 bits per heavy atom. The summed E-state index contributed by atoms with van der Waals surface area (Å²) in [5.74, 6) is -2.73. The highest BCUT2D eigenvalue weighted by Gasteiger charge is 2.60. The van der Waals surface area contributed by atoms with Crippen molar-refractivity contribution in [1.82, 2.24) is 10.2 Å². The number of hydrogen-bond donors (Lipinski definition) is 1. The number of nitrogens with one attached hydrogen (secondary N) is 1. The minimum absolute atomic E-state index is 0.0350. The number of β-lactam (4-membered cyclic amide) rings is 1. The molecular formula is C22H24N2O8. The van der Waals surface area contributed by atoms with Crippen molar-refractivity contribution in [2.45, 2.75) is 39.8 Å². The molecule has 2 amide bonds. The molecule has 0 aromatic heterocycles. The van der Waals surface area contributed by atoms with E-state index in [-0.39, 0.29) is 17.9 Å². The number of esters is 2. The van der Waals surface area contributed by atoms with Crippen LogP contribution in [0.2, 0.25) is 0 Å². The van der Waals surface area contributed by atoms with Crippen LogP contribution in [-0.4, -0.2) is 59.9 Å². The largest absolute Gasteiger partial charge is 0.484 e. The Bertz CT molecular complexity index is 993. The van der Waals surface area contributed by atoms with Crippen molar-refractivity contribution in [3.8, 4) is 5.75 Å². The number of carbonyl (C=O) groups excluding carboxylic acids is 5. The molecule has 0 saturated carbocycles. The predicted octanol–water partition coefficient (Wildman–Crippen LogP) is 0.708. The molecule has 10 nitrogen and oxygen atoms in total. The molecule has 10 heteroatoms. The van der Waals surface area contributed by atoms with Crippen LogP contribution >= 0.6 is 0 Å². The van der Waals surface area contributed by atoms with Gasteiger partial charge in [-0.1, -0.05) is 18.2 Å². The molecule has 0 bridgehead atoms. The maximum absolute atomic E-state index is 12.6. The van der Waals surface area contributed by atoms with E-state index in [1.165, 1.54) is 6.92 Å². The summed E-state index contributed by atoms with van der Waals surface area (Å²) in [6.07, 6.45) is 0. The number of amides is 2. The Morgan fingerprint density at radius 2 is 1.72 bits per heavy atom. The molecule has 2 heterocycles. The highest BCUT2D eigenvalue weighted by atomic mass is 16.7. The van der Waals surface area contributed by atoms with Crippen LogP contribution in [-0.2, 0) is 33.4 Å². The average molecular weight is 444 g/mol. The van der Waals surface area contributed by atoms with Crippen molar-refractivity contribution in [3.63, 3.8) is 0 Å². The fraction of sp³-hybridized carbons (Fsp3) is 0.409. The molecule has 2 aliphatic heterocycles. The fourth-order valence-electron chi connectivity index (χ4n) is 3.22. The van der Waals surface area contributed by atoms with E-state index in [1.807, 2.05) is 0 Å². The van der Waals surface area contributed by atoms with E-state index >= 15 is 0 Å². The lowest BCUT2D eigenvalue weighted by molar-refractivity contribution is -0.173. The maximum Gasteiger partial charge on any atom is 0.358 e. The first-order valence-electron chi connectivity index (χ1n) is 9.92. The molecule has 2 aliphatic rings. The van der Waals surface area contributed by atoms with Gasteiger partial charge in [0.25, 0.3) is 11.8 Å². The maximum atomic E-state index is 12.6. The van der Waals surface area contributed by atoms with Crippen molar-refractivity contribution in [2.24, 2.45) is 5.41 Å². The average Bonchev–Trinajstić information content (AvgIpc) is 2.98. The lowest BCUT2D eigenvalue weighted by atomic mass is 9.93. The van der Waals surface area contributed by atoms with Gasteiger partial charge in [-0.05, 0) is 39.8 Å². The van der Waals surface area contributed by atoms with Crippen LogP contribution in [0.3, 0.4) is 0 Å². The molecule has 2 atom stereocenters. The second-order valence-electron chi connectivity index (χ2n) is 8.37. The molecule has 3 rings (SSSR count). The van der Waals surface area contributed by atoms with Gasteiger partial charge in [0.2, 0.25) is 6.79 Å². The summed E-state index contributed by atoms with van der Waals surface area (Å²) < 4.78 is 15.1. The number of rotatable bonds is 7. The van der Waals surface area contributed by atoms with Crippen molar-refractivity contribution < 1.29 is 38.2 Å². The van der Waals surface area contributed by atoms with Crippen LogP contribution in [0.1, 0.15) is 27.7 Å². The summed E-state index contributed by atoms with van der Waals surface area (Å²) in [6, 6.07) is 6.51. The number of ketones is 1. The first-order valence-corrected chi connectivity index (χ1v) is 9.92. The van der Waals surface area contributed by atoms with Crippen LogP contribution < -0.4 is 10.1 Å². The summed E-state index contributed by atoms with van der Waals surface area (Å²) in [5, 5.41) is 2.47. The molecule has 1 aromatic rings. The summed E-state index contributed by atoms with van der Waals surface area (Å²) in [5.41, 5.74) is -0.963. The van der Waals surface area contributed by atoms with Gasteiger partial charge in [0.1, 0.15) is 23.5 Å². The van der Waals surface area contributed by atoms with Gasteiger partial charge in [0.05, 0.1) is 5.41 Å². The fourth-order valence-corrected chi connectivity index (χ4v) is 3.22. The Balaban J connectivity index is 1.56. The Hall–Kier alpha value is -3.69. The number of ether oxygens (including phenoxy) is 3. The first-order chi connectivity index (χ1) is 15.0. The van der Waals surface area contributed by atoms with Gasteiger partial charge in [-0.3, -0.25) is 24.1 Å². The monoisotopic (exact) mass is 444 g/mol. The third-order valence-electron chi connectivity index (χ3n) is 4.95. The highest BCUT2D eigenvalue weighted by molar-refractivity contribution is 6.20. The van der Waals surface area contributed by atoms with Gasteiger partial charge >= 0.3 is 11.9 Å². The zero-order chi connectivity index (χ0) is 23.6. The minimum Gasteiger partial charge on any atom is -0.484 e. The van der Waals surface area contributed by atoms with Gasteiger partial charge in [-0.2, -0.15) is 0 Å². The number of Topliss-reactive ketones (excluding diaryl/α,β-unsaturated/α-hetero) is 1. The van der Waals surface area contributed by atoms with Crippen LogP contribution in [0.5, 0.6) is 5.75 Å². The second kappa shape index (κ2) is 8.81. The third kappa shape index (κ3) is 4.48. The highest BCUT2D eigenvalue weighted by Crippen LogP contribution is 2.36. The first kappa shape index (κ1) is 23.0. The number of benzene rings is 1. The number of nitrogens with zero attached hydrogens (tertiary/aromatic N) is 1. The third-order valence-corrected chi connectivity index (χ3v) is 4.95. The summed E-state index contributed by atoms with van der Waals surface area (Å²) in [6.45, 7) is 5.33. The summed E-state index contributed by atoms with van der Waals surface area (Å²) in [7, 11) is 0. The Kier molecular flexibility index (Phi) is 6.33. The number of hydrogen-bond acceptors (Lipinski definition) is 8. The molecule has 1 N–H and O–H groups in total. The van der Waals surface area contributed by atoms with Crippen LogP contribution in [0, 0.1) is 5.41 Å². The van der Waals surface area contributed by atoms with Gasteiger partial charge in [0.15, 0.2) is 12.4 Å². The van der Waals surface area contributed by atoms with Crippen LogP contribution in [0.15, 0.2) is 41.6 Å². The van der Waals surface area contributed by atoms with Crippen molar-refractivity contribution in [1.29, 1.82) is 0 Å². The molecular weight excluding hydrogens is 420 g/mol. The SMILES string of the molecule is CC1=C(C(=O)OCOC(=O)C(C)(C)C)N2C(=O)C(NC(=O)COc3ccccc3)[C@H]2C1=O. The summed E-state index contributed by atoms with van der Waals surface area (Å²) in [4.78, 5) is 62.5. The van der Waals surface area contributed by atoms with Gasteiger partial charge in [-0.25, -0.2) is 4.79 Å². The van der Waals surface area contributed by atoms with E-state index < -0.39 is 53.8 Å². The number of fused-ring (bicyclic) bond motifs is 1. The molecule has 0 aliphatic carbocycles. The quantitative estimate of drug-likeness (QED) is 0.370. The minimum atomic E-state index is -1.10. The van der Waals surface area contributed by atoms with Crippen LogP contribution in [0.25, 0.3) is 0 Å². The molecule has 32 heavy (non-hydrogen) atoms. The van der Waals surface area contributed by atoms with E-state index in [1.54, 1.807) is 51.1 Å². The van der Waals surface area contributed by atoms with Crippen molar-refractivity contribution >= 4 is 29.5 Å². The summed E-state index contributed by atoms with van der Waals surface area (Å²) >= 11 is 0. The van der Waals surface area contributed by atoms with E-state index in [2.05, 4.69) is 5.32 Å². The molecule has 1 fully saturated rings. The van der Waals surface area contributed by atoms with Gasteiger partial charge in [0, 0.05) is 5.57 Å². The second-order valence-corrected chi connectivity index (χ2v) is 8.37. The lowest BCUT2D eigenvalue weighted by Gasteiger charge is -2.42. The van der Waals surface area contributed by atoms with Crippen molar-refractivity contribution in [2.75, 3.05) is 13.4 Å². The van der Waals surface area contributed by atoms with E-state index in [4.69, 9.17) is 14.2 Å². The number of para-hydroxylation sites is 1. The van der Waals surface area contributed by atoms with Gasteiger partial charge in [-0.15, -0.1) is 0 Å². The molecule has 170 valence electrons. The van der Waals surface area contributed by atoms with E-state index in [0.717, 1.165) is 4.90 Å². The molecule has 1 aromatic carbocycles. The predicted molar refractivity (Wildman–Crippen MR) is 109 cm³/mol. The molecule has 1 saturated heterocycles. The standard InChI is InChI=1S/C22H24N2O8/c1-12-16(20(28)31-11-32-21(29)22(2,3)4)24-17(18(12)26)15(19(24)27)23-14(25)10-30-13-8-6-5-7-9-13/h5-9,15,17H,10-11H2,1-4H3,(H,23,25)/t15?,17-/m0/s1. The Morgan fingerprint density at radius 1 is 1.06 bits per heavy atom. The zero-order valence-electron chi connectivity index (χ0n) is 18.2. The van der Waals surface area contributed by atoms with E-state index in [9.17, 15) is 24.0 Å². The molecule has 0 radical (unpaired) electrons. The van der Waals surface area contributed by atoms with Crippen molar-refractivity contribution in [3.05, 3.63) is 41.6 Å². The lowest BCUT2D eigenvalue weighted by Crippen LogP contribution is -2.71. The Labute approximate surface area is 184 Å². The molecule has 0 spiro atoms.